The summed E-state index contributed by atoms with van der Waals surface area (Å²) < 4.78 is 18.4. The number of halogens is 1. The van der Waals surface area contributed by atoms with Gasteiger partial charge in [-0.1, -0.05) is 36.4 Å². The monoisotopic (exact) mass is 299 g/mol. The van der Waals surface area contributed by atoms with Crippen LogP contribution >= 0.6 is 0 Å². The zero-order valence-corrected chi connectivity index (χ0v) is 12.4. The molecule has 0 atom stereocenters. The van der Waals surface area contributed by atoms with Gasteiger partial charge in [-0.05, 0) is 35.4 Å². The molecule has 1 amide bonds. The quantitative estimate of drug-likeness (QED) is 0.886. The van der Waals surface area contributed by atoms with Crippen LogP contribution in [-0.4, -0.2) is 12.5 Å². The first-order valence-corrected chi connectivity index (χ1v) is 7.02. The number of nitrogens with one attached hydrogen (secondary N) is 1. The first-order chi connectivity index (χ1) is 10.6. The Hall–Kier alpha value is -2.62. The second-order valence-corrected chi connectivity index (χ2v) is 4.82. The zero-order chi connectivity index (χ0) is 15.8. The third-order valence-electron chi connectivity index (χ3n) is 2.98. The van der Waals surface area contributed by atoms with E-state index in [1.165, 1.54) is 19.1 Å². The molecule has 0 aromatic heterocycles. The van der Waals surface area contributed by atoms with Crippen molar-refractivity contribution in [1.29, 1.82) is 0 Å². The molecular formula is C18H18FNO2. The number of hydrogen-bond donors (Lipinski definition) is 1. The molecule has 0 aliphatic heterocycles. The smallest absolute Gasteiger partial charge is 0.217 e. The summed E-state index contributed by atoms with van der Waals surface area (Å²) in [6.07, 6.45) is 3.81. The standard InChI is InChI=1S/C18H18FNO2/c1-14(21)20-12-2-3-15-6-10-18(11-7-15)22-13-16-4-8-17(19)9-5-16/h2-11H,12-13H2,1H3,(H,20,21). The van der Waals surface area contributed by atoms with Crippen molar-refractivity contribution in [2.24, 2.45) is 0 Å². The van der Waals surface area contributed by atoms with Crippen molar-refractivity contribution in [2.45, 2.75) is 13.5 Å². The van der Waals surface area contributed by atoms with E-state index in [9.17, 15) is 9.18 Å². The summed E-state index contributed by atoms with van der Waals surface area (Å²) in [4.78, 5) is 10.7. The highest BCUT2D eigenvalue weighted by Crippen LogP contribution is 2.15. The molecule has 22 heavy (non-hydrogen) atoms. The molecule has 0 heterocycles. The number of amides is 1. The lowest BCUT2D eigenvalue weighted by Gasteiger charge is -2.06. The van der Waals surface area contributed by atoms with E-state index in [2.05, 4.69) is 5.32 Å². The van der Waals surface area contributed by atoms with E-state index in [1.807, 2.05) is 36.4 Å². The van der Waals surface area contributed by atoms with Crippen LogP contribution in [0.15, 0.2) is 54.6 Å². The van der Waals surface area contributed by atoms with Gasteiger partial charge in [0.1, 0.15) is 18.2 Å². The number of rotatable bonds is 6. The lowest BCUT2D eigenvalue weighted by Crippen LogP contribution is -2.19. The predicted octanol–water partition coefficient (Wildman–Crippen LogP) is 3.55. The maximum Gasteiger partial charge on any atom is 0.217 e. The molecular weight excluding hydrogens is 281 g/mol. The highest BCUT2D eigenvalue weighted by atomic mass is 19.1. The minimum absolute atomic E-state index is 0.0470. The van der Waals surface area contributed by atoms with Gasteiger partial charge < -0.3 is 10.1 Å². The van der Waals surface area contributed by atoms with Crippen LogP contribution in [0.3, 0.4) is 0 Å². The maximum atomic E-state index is 12.8. The van der Waals surface area contributed by atoms with Crippen molar-refractivity contribution in [3.05, 3.63) is 71.6 Å². The second kappa shape index (κ2) is 7.98. The largest absolute Gasteiger partial charge is 0.489 e. The number of carbonyl (C=O) groups is 1. The third-order valence-corrected chi connectivity index (χ3v) is 2.98. The predicted molar refractivity (Wildman–Crippen MR) is 84.9 cm³/mol. The summed E-state index contributed by atoms with van der Waals surface area (Å²) >= 11 is 0. The van der Waals surface area contributed by atoms with Crippen LogP contribution in [-0.2, 0) is 11.4 Å². The van der Waals surface area contributed by atoms with Crippen LogP contribution in [0.25, 0.3) is 6.08 Å². The maximum absolute atomic E-state index is 12.8. The fraction of sp³-hybridized carbons (Fsp3) is 0.167. The Kier molecular flexibility index (Phi) is 5.72. The molecule has 114 valence electrons. The Balaban J connectivity index is 1.83. The fourth-order valence-electron chi connectivity index (χ4n) is 1.82. The van der Waals surface area contributed by atoms with Gasteiger partial charge in [0.2, 0.25) is 5.91 Å². The lowest BCUT2D eigenvalue weighted by atomic mass is 10.2. The van der Waals surface area contributed by atoms with Gasteiger partial charge in [-0.15, -0.1) is 0 Å². The van der Waals surface area contributed by atoms with Crippen LogP contribution in [0.1, 0.15) is 18.1 Å². The van der Waals surface area contributed by atoms with Gasteiger partial charge in [0, 0.05) is 13.5 Å². The molecule has 2 aromatic carbocycles. The summed E-state index contributed by atoms with van der Waals surface area (Å²) in [5.74, 6) is 0.455. The minimum atomic E-state index is -0.251. The molecule has 4 heteroatoms. The molecule has 0 aliphatic carbocycles. The van der Waals surface area contributed by atoms with Crippen LogP contribution in [0.2, 0.25) is 0 Å². The molecule has 0 bridgehead atoms. The van der Waals surface area contributed by atoms with Crippen LogP contribution in [0, 0.1) is 5.82 Å². The van der Waals surface area contributed by atoms with Crippen molar-refractivity contribution in [2.75, 3.05) is 6.54 Å². The molecule has 0 radical (unpaired) electrons. The summed E-state index contributed by atoms with van der Waals surface area (Å²) in [5, 5.41) is 2.69. The Bertz CT molecular complexity index is 633. The van der Waals surface area contributed by atoms with Crippen LogP contribution < -0.4 is 10.1 Å². The molecule has 0 saturated heterocycles. The van der Waals surface area contributed by atoms with Crippen molar-refractivity contribution < 1.29 is 13.9 Å². The van der Waals surface area contributed by atoms with E-state index < -0.39 is 0 Å². The Morgan fingerprint density at radius 3 is 2.45 bits per heavy atom. The molecule has 0 fully saturated rings. The number of carbonyl (C=O) groups excluding carboxylic acids is 1. The van der Waals surface area contributed by atoms with E-state index in [0.717, 1.165) is 16.9 Å². The van der Waals surface area contributed by atoms with E-state index >= 15 is 0 Å². The van der Waals surface area contributed by atoms with E-state index in [0.29, 0.717) is 13.2 Å². The van der Waals surface area contributed by atoms with Crippen LogP contribution in [0.5, 0.6) is 5.75 Å². The van der Waals surface area contributed by atoms with Gasteiger partial charge in [-0.3, -0.25) is 4.79 Å². The molecule has 0 spiro atoms. The highest BCUT2D eigenvalue weighted by Gasteiger charge is 1.97. The average molecular weight is 299 g/mol. The molecule has 0 aliphatic rings. The van der Waals surface area contributed by atoms with Crippen LogP contribution in [0.4, 0.5) is 4.39 Å². The Morgan fingerprint density at radius 1 is 1.14 bits per heavy atom. The van der Waals surface area contributed by atoms with Crippen molar-refractivity contribution in [3.8, 4) is 5.75 Å². The third kappa shape index (κ3) is 5.40. The van der Waals surface area contributed by atoms with E-state index in [4.69, 9.17) is 4.74 Å². The molecule has 2 aromatic rings. The van der Waals surface area contributed by atoms with E-state index in [1.54, 1.807) is 12.1 Å². The second-order valence-electron chi connectivity index (χ2n) is 4.82. The summed E-state index contributed by atoms with van der Waals surface area (Å²) in [6, 6.07) is 13.9. The summed E-state index contributed by atoms with van der Waals surface area (Å²) in [5.41, 5.74) is 1.94. The molecule has 0 saturated carbocycles. The van der Waals surface area contributed by atoms with Gasteiger partial charge in [0.05, 0.1) is 0 Å². The topological polar surface area (TPSA) is 38.3 Å². The van der Waals surface area contributed by atoms with Gasteiger partial charge >= 0.3 is 0 Å². The molecule has 3 nitrogen and oxygen atoms in total. The Labute approximate surface area is 129 Å². The van der Waals surface area contributed by atoms with Gasteiger partial charge in [0.25, 0.3) is 0 Å². The number of hydrogen-bond acceptors (Lipinski definition) is 2. The Morgan fingerprint density at radius 2 is 1.82 bits per heavy atom. The molecule has 2 rings (SSSR count). The fourth-order valence-corrected chi connectivity index (χ4v) is 1.82. The number of ether oxygens (including phenoxy) is 1. The van der Waals surface area contributed by atoms with Crippen molar-refractivity contribution >= 4 is 12.0 Å². The summed E-state index contributed by atoms with van der Waals surface area (Å²) in [7, 11) is 0. The molecule has 0 unspecified atom stereocenters. The van der Waals surface area contributed by atoms with E-state index in [-0.39, 0.29) is 11.7 Å². The number of benzene rings is 2. The first kappa shape index (κ1) is 15.8. The highest BCUT2D eigenvalue weighted by molar-refractivity contribution is 5.73. The minimum Gasteiger partial charge on any atom is -0.489 e. The van der Waals surface area contributed by atoms with Gasteiger partial charge in [-0.2, -0.15) is 0 Å². The van der Waals surface area contributed by atoms with Gasteiger partial charge in [0.15, 0.2) is 0 Å². The first-order valence-electron chi connectivity index (χ1n) is 7.02. The summed E-state index contributed by atoms with van der Waals surface area (Å²) in [6.45, 7) is 2.40. The normalized spacial score (nSPS) is 10.6. The zero-order valence-electron chi connectivity index (χ0n) is 12.4. The molecule has 1 N–H and O–H groups in total. The SMILES string of the molecule is CC(=O)NCC=Cc1ccc(OCc2ccc(F)cc2)cc1. The van der Waals surface area contributed by atoms with Crippen molar-refractivity contribution in [3.63, 3.8) is 0 Å². The van der Waals surface area contributed by atoms with Crippen molar-refractivity contribution in [1.82, 2.24) is 5.32 Å². The lowest BCUT2D eigenvalue weighted by molar-refractivity contribution is -0.118. The van der Waals surface area contributed by atoms with Gasteiger partial charge in [-0.25, -0.2) is 4.39 Å². The average Bonchev–Trinajstić information content (AvgIpc) is 2.52.